The molecule has 1 N–H and O–H groups in total. The molecule has 4 nitrogen and oxygen atoms in total. The van der Waals surface area contributed by atoms with Crippen LogP contribution in [0.3, 0.4) is 0 Å². The first-order valence-corrected chi connectivity index (χ1v) is 9.04. The van der Waals surface area contributed by atoms with Crippen molar-refractivity contribution >= 4 is 33.0 Å². The minimum absolute atomic E-state index is 0.0311. The van der Waals surface area contributed by atoms with Gasteiger partial charge in [0.2, 0.25) is 10.0 Å². The van der Waals surface area contributed by atoms with E-state index in [0.717, 1.165) is 16.9 Å². The molecule has 1 aromatic heterocycles. The summed E-state index contributed by atoms with van der Waals surface area (Å²) in [5.74, 6) is 0. The third-order valence-corrected chi connectivity index (χ3v) is 6.23. The second-order valence-electron chi connectivity index (χ2n) is 4.80. The fourth-order valence-electron chi connectivity index (χ4n) is 1.98. The Morgan fingerprint density at radius 1 is 1.19 bits per heavy atom. The van der Waals surface area contributed by atoms with Crippen molar-refractivity contribution in [2.75, 3.05) is 20.6 Å². The third kappa shape index (κ3) is 4.28. The zero-order valence-corrected chi connectivity index (χ0v) is 14.2. The zero-order chi connectivity index (χ0) is 15.5. The number of nitrogens with one attached hydrogen (secondary N) is 1. The van der Waals surface area contributed by atoms with E-state index in [9.17, 15) is 8.42 Å². The number of hydrogen-bond acceptors (Lipinski definition) is 4. The molecule has 1 aromatic carbocycles. The van der Waals surface area contributed by atoms with Crippen LogP contribution in [0.2, 0.25) is 4.34 Å². The lowest BCUT2D eigenvalue weighted by Crippen LogP contribution is -2.34. The van der Waals surface area contributed by atoms with Gasteiger partial charge in [-0.05, 0) is 31.8 Å². The summed E-state index contributed by atoms with van der Waals surface area (Å²) < 4.78 is 27.8. The first kappa shape index (κ1) is 16.5. The van der Waals surface area contributed by atoms with Gasteiger partial charge in [-0.3, -0.25) is 0 Å². The number of hydrogen-bond donors (Lipinski definition) is 1. The average Bonchev–Trinajstić information content (AvgIpc) is 2.87. The van der Waals surface area contributed by atoms with Gasteiger partial charge in [-0.25, -0.2) is 13.1 Å². The van der Waals surface area contributed by atoms with E-state index in [0.29, 0.717) is 10.9 Å². The molecule has 0 spiro atoms. The molecule has 0 fully saturated rings. The fraction of sp³-hybridized carbons (Fsp3) is 0.286. The van der Waals surface area contributed by atoms with Crippen molar-refractivity contribution in [3.63, 3.8) is 0 Å². The van der Waals surface area contributed by atoms with Crippen LogP contribution in [0, 0.1) is 0 Å². The molecule has 114 valence electrons. The molecule has 0 saturated carbocycles. The molecule has 0 aliphatic heterocycles. The lowest BCUT2D eigenvalue weighted by atomic mass is 10.1. The van der Waals surface area contributed by atoms with Crippen LogP contribution in [0.4, 0.5) is 0 Å². The van der Waals surface area contributed by atoms with Crippen LogP contribution in [0.5, 0.6) is 0 Å². The summed E-state index contributed by atoms with van der Waals surface area (Å²) in [6.45, 7) is 0.300. The second-order valence-corrected chi connectivity index (χ2v) is 8.51. The number of halogens is 1. The molecule has 0 amide bonds. The summed E-state index contributed by atoms with van der Waals surface area (Å²) in [7, 11) is 0.331. The van der Waals surface area contributed by atoms with E-state index >= 15 is 0 Å². The molecular formula is C14H17ClN2O2S2. The Kier molecular flexibility index (Phi) is 5.40. The standard InChI is InChI=1S/C14H17ClN2O2S2/c1-17(2)12(11-6-4-3-5-7-11)10-16-21(18,19)14-9-8-13(15)20-14/h3-9,12,16H,10H2,1-2H3. The van der Waals surface area contributed by atoms with Gasteiger partial charge in [0.25, 0.3) is 0 Å². The molecule has 1 heterocycles. The summed E-state index contributed by atoms with van der Waals surface area (Å²) >= 11 is 6.85. The molecule has 0 bridgehead atoms. The molecule has 0 radical (unpaired) electrons. The molecule has 2 aromatic rings. The largest absolute Gasteiger partial charge is 0.301 e. The van der Waals surface area contributed by atoms with E-state index in [-0.39, 0.29) is 10.3 Å². The Morgan fingerprint density at radius 3 is 2.38 bits per heavy atom. The summed E-state index contributed by atoms with van der Waals surface area (Å²) in [5, 5.41) is 0. The highest BCUT2D eigenvalue weighted by molar-refractivity contribution is 7.91. The van der Waals surface area contributed by atoms with Gasteiger partial charge in [0.1, 0.15) is 4.21 Å². The molecule has 1 unspecified atom stereocenters. The Hall–Kier alpha value is -0.920. The minimum atomic E-state index is -3.52. The van der Waals surface area contributed by atoms with Gasteiger partial charge in [0.15, 0.2) is 0 Å². The van der Waals surface area contributed by atoms with E-state index in [1.165, 1.54) is 6.07 Å². The van der Waals surface area contributed by atoms with Gasteiger partial charge < -0.3 is 4.90 Å². The number of rotatable bonds is 6. The van der Waals surface area contributed by atoms with Crippen LogP contribution in [0.25, 0.3) is 0 Å². The molecule has 1 atom stereocenters. The van der Waals surface area contributed by atoms with Crippen LogP contribution in [-0.2, 0) is 10.0 Å². The summed E-state index contributed by atoms with van der Waals surface area (Å²) in [6.07, 6.45) is 0. The number of benzene rings is 1. The third-order valence-electron chi connectivity index (χ3n) is 3.09. The van der Waals surface area contributed by atoms with Crippen LogP contribution in [0.15, 0.2) is 46.7 Å². The number of likely N-dealkylation sites (N-methyl/N-ethyl adjacent to an activating group) is 1. The van der Waals surface area contributed by atoms with Crippen molar-refractivity contribution in [1.82, 2.24) is 9.62 Å². The number of nitrogens with zero attached hydrogens (tertiary/aromatic N) is 1. The molecule has 0 saturated heterocycles. The van der Waals surface area contributed by atoms with Crippen molar-refractivity contribution in [1.29, 1.82) is 0 Å². The van der Waals surface area contributed by atoms with E-state index in [1.807, 2.05) is 49.3 Å². The van der Waals surface area contributed by atoms with Crippen molar-refractivity contribution < 1.29 is 8.42 Å². The van der Waals surface area contributed by atoms with Crippen molar-refractivity contribution in [2.24, 2.45) is 0 Å². The minimum Gasteiger partial charge on any atom is -0.301 e. The Balaban J connectivity index is 2.13. The quantitative estimate of drug-likeness (QED) is 0.876. The van der Waals surface area contributed by atoms with Crippen LogP contribution < -0.4 is 4.72 Å². The molecule has 21 heavy (non-hydrogen) atoms. The molecule has 7 heteroatoms. The first-order valence-electron chi connectivity index (χ1n) is 6.36. The average molecular weight is 345 g/mol. The van der Waals surface area contributed by atoms with Crippen molar-refractivity contribution in [3.8, 4) is 0 Å². The summed E-state index contributed by atoms with van der Waals surface area (Å²) in [4.78, 5) is 1.99. The second kappa shape index (κ2) is 6.89. The zero-order valence-electron chi connectivity index (χ0n) is 11.8. The highest BCUT2D eigenvalue weighted by Gasteiger charge is 2.20. The maximum atomic E-state index is 12.2. The number of sulfonamides is 1. The summed E-state index contributed by atoms with van der Waals surface area (Å²) in [5.41, 5.74) is 1.06. The van der Waals surface area contributed by atoms with E-state index in [4.69, 9.17) is 11.6 Å². The van der Waals surface area contributed by atoms with E-state index in [1.54, 1.807) is 6.07 Å². The van der Waals surface area contributed by atoms with Gasteiger partial charge in [-0.1, -0.05) is 41.9 Å². The monoisotopic (exact) mass is 344 g/mol. The fourth-order valence-corrected chi connectivity index (χ4v) is 4.54. The van der Waals surface area contributed by atoms with Gasteiger partial charge >= 0.3 is 0 Å². The maximum Gasteiger partial charge on any atom is 0.250 e. The van der Waals surface area contributed by atoms with Gasteiger partial charge in [-0.15, -0.1) is 11.3 Å². The predicted molar refractivity (Wildman–Crippen MR) is 87.4 cm³/mol. The van der Waals surface area contributed by atoms with Crippen LogP contribution in [-0.4, -0.2) is 34.0 Å². The van der Waals surface area contributed by atoms with Gasteiger partial charge in [0.05, 0.1) is 4.34 Å². The maximum absolute atomic E-state index is 12.2. The first-order chi connectivity index (χ1) is 9.90. The predicted octanol–water partition coefficient (Wildman–Crippen LogP) is 2.98. The smallest absolute Gasteiger partial charge is 0.250 e. The van der Waals surface area contributed by atoms with Gasteiger partial charge in [-0.2, -0.15) is 0 Å². The lowest BCUT2D eigenvalue weighted by Gasteiger charge is -2.24. The Morgan fingerprint density at radius 2 is 1.86 bits per heavy atom. The Labute approximate surface area is 134 Å². The van der Waals surface area contributed by atoms with Crippen LogP contribution in [0.1, 0.15) is 11.6 Å². The molecular weight excluding hydrogens is 328 g/mol. The highest BCUT2D eigenvalue weighted by Crippen LogP contribution is 2.26. The van der Waals surface area contributed by atoms with Crippen molar-refractivity contribution in [3.05, 3.63) is 52.4 Å². The lowest BCUT2D eigenvalue weighted by molar-refractivity contribution is 0.299. The topological polar surface area (TPSA) is 49.4 Å². The molecule has 0 aliphatic rings. The molecule has 0 aliphatic carbocycles. The van der Waals surface area contributed by atoms with Crippen molar-refractivity contribution in [2.45, 2.75) is 10.3 Å². The molecule has 2 rings (SSSR count). The highest BCUT2D eigenvalue weighted by atomic mass is 35.5. The number of thiophene rings is 1. The normalized spacial score (nSPS) is 13.5. The Bertz CT molecular complexity index is 684. The van der Waals surface area contributed by atoms with E-state index < -0.39 is 10.0 Å². The van der Waals surface area contributed by atoms with Crippen LogP contribution >= 0.6 is 22.9 Å². The van der Waals surface area contributed by atoms with Gasteiger partial charge in [0, 0.05) is 12.6 Å². The van der Waals surface area contributed by atoms with E-state index in [2.05, 4.69) is 4.72 Å². The SMILES string of the molecule is CN(C)C(CNS(=O)(=O)c1ccc(Cl)s1)c1ccccc1. The summed E-state index contributed by atoms with van der Waals surface area (Å²) in [6, 6.07) is 12.9.